The molecule has 0 fully saturated rings. The molecule has 0 saturated carbocycles. The van der Waals surface area contributed by atoms with Gasteiger partial charge in [0.1, 0.15) is 0 Å². The number of nitrogens with zero attached hydrogens (tertiary/aromatic N) is 1. The summed E-state index contributed by atoms with van der Waals surface area (Å²) in [4.78, 5) is 12.9. The zero-order valence-electron chi connectivity index (χ0n) is 11.2. The van der Waals surface area contributed by atoms with Gasteiger partial charge in [0.2, 0.25) is 5.91 Å². The molecule has 21 heavy (non-hydrogen) atoms. The van der Waals surface area contributed by atoms with Crippen molar-refractivity contribution in [2.45, 2.75) is 19.8 Å². The fourth-order valence-corrected chi connectivity index (χ4v) is 2.33. The second-order valence-corrected chi connectivity index (χ2v) is 4.97. The number of alkyl halides is 2. The number of hydrogen-bond donors (Lipinski definition) is 0. The molecule has 0 N–H and O–H groups in total. The average Bonchev–Trinajstić information content (AvgIpc) is 2.37. The van der Waals surface area contributed by atoms with Crippen molar-refractivity contribution in [1.82, 2.24) is 4.90 Å². The summed E-state index contributed by atoms with van der Waals surface area (Å²) in [5, 5.41) is 0.0640. The third-order valence-corrected chi connectivity index (χ3v) is 3.37. The fourth-order valence-electron chi connectivity index (χ4n) is 2.08. The molecule has 1 amide bonds. The number of hydrogen-bond acceptors (Lipinski definition) is 1. The van der Waals surface area contributed by atoms with Gasteiger partial charge in [-0.3, -0.25) is 4.79 Å². The van der Waals surface area contributed by atoms with Gasteiger partial charge in [-0.15, -0.1) is 17.3 Å². The molecule has 1 atom stereocenters. The van der Waals surface area contributed by atoms with Gasteiger partial charge in [-0.1, -0.05) is 31.0 Å². The summed E-state index contributed by atoms with van der Waals surface area (Å²) in [5.41, 5.74) is -0.0634. The number of rotatable bonds is 3. The van der Waals surface area contributed by atoms with E-state index in [4.69, 9.17) is 11.6 Å². The van der Waals surface area contributed by atoms with Crippen molar-refractivity contribution in [3.05, 3.63) is 40.7 Å². The summed E-state index contributed by atoms with van der Waals surface area (Å²) in [6.07, 6.45) is 0.349. The number of carbonyl (C=O) groups excluding carboxylic acids is 1. The van der Waals surface area contributed by atoms with E-state index in [0.717, 1.165) is 4.90 Å². The number of halogens is 4. The van der Waals surface area contributed by atoms with E-state index in [2.05, 4.69) is 6.08 Å². The Bertz CT molecular complexity index is 545. The van der Waals surface area contributed by atoms with Crippen LogP contribution in [0.1, 0.15) is 18.9 Å². The van der Waals surface area contributed by atoms with Gasteiger partial charge >= 0.3 is 0 Å². The standard InChI is InChI=1S/C14H12ClF3NO.Y/c1-8-5-6-11(19(14(8)20)7-12(17)18)13-9(15)3-2-4-10(13)16;/h2-4,8,12H,5,7H2,1H3;/q-1;. The van der Waals surface area contributed by atoms with Crippen molar-refractivity contribution < 1.29 is 50.7 Å². The Morgan fingerprint density at radius 2 is 2.14 bits per heavy atom. The zero-order chi connectivity index (χ0) is 14.9. The van der Waals surface area contributed by atoms with Crippen LogP contribution in [-0.2, 0) is 37.5 Å². The van der Waals surface area contributed by atoms with Gasteiger partial charge in [-0.25, -0.2) is 19.2 Å². The molecule has 0 aliphatic carbocycles. The molecule has 1 aliphatic rings. The van der Waals surface area contributed by atoms with Crippen LogP contribution in [0.15, 0.2) is 18.2 Å². The Labute approximate surface area is 151 Å². The van der Waals surface area contributed by atoms with Crippen molar-refractivity contribution in [3.8, 4) is 0 Å². The van der Waals surface area contributed by atoms with Crippen molar-refractivity contribution in [1.29, 1.82) is 0 Å². The maximum Gasteiger partial charge on any atom is 0.256 e. The molecule has 1 aromatic carbocycles. The van der Waals surface area contributed by atoms with E-state index in [9.17, 15) is 18.0 Å². The van der Waals surface area contributed by atoms with E-state index in [1.54, 1.807) is 6.92 Å². The second-order valence-electron chi connectivity index (χ2n) is 4.57. The first-order valence-electron chi connectivity index (χ1n) is 6.06. The van der Waals surface area contributed by atoms with E-state index in [-0.39, 0.29) is 55.4 Å². The largest absolute Gasteiger partial charge is 0.341 e. The van der Waals surface area contributed by atoms with Crippen LogP contribution in [0, 0.1) is 17.8 Å². The van der Waals surface area contributed by atoms with Crippen molar-refractivity contribution in [2.24, 2.45) is 5.92 Å². The maximum absolute atomic E-state index is 13.9. The zero-order valence-corrected chi connectivity index (χ0v) is 14.8. The smallest absolute Gasteiger partial charge is 0.256 e. The summed E-state index contributed by atoms with van der Waals surface area (Å²) >= 11 is 5.92. The Balaban J connectivity index is 0.00000220. The van der Waals surface area contributed by atoms with Gasteiger partial charge in [-0.2, -0.15) is 0 Å². The monoisotopic (exact) mass is 391 g/mol. The van der Waals surface area contributed by atoms with Crippen LogP contribution < -0.4 is 0 Å². The third kappa shape index (κ3) is 4.08. The molecule has 1 aromatic rings. The quantitative estimate of drug-likeness (QED) is 0.719. The van der Waals surface area contributed by atoms with Crippen molar-refractivity contribution >= 4 is 23.2 Å². The topological polar surface area (TPSA) is 20.3 Å². The predicted octanol–water partition coefficient (Wildman–Crippen LogP) is 3.75. The molecule has 0 spiro atoms. The molecule has 0 aromatic heterocycles. The second kappa shape index (κ2) is 7.75. The number of allylic oxidation sites excluding steroid dienone is 1. The van der Waals surface area contributed by atoms with E-state index in [0.29, 0.717) is 0 Å². The van der Waals surface area contributed by atoms with E-state index < -0.39 is 30.6 Å². The SMILES string of the molecule is CC1C[C-]=C(c2c(F)cccc2Cl)N(CC(F)F)C1=O.[Y]. The molecule has 1 heterocycles. The van der Waals surface area contributed by atoms with E-state index >= 15 is 0 Å². The molecule has 111 valence electrons. The van der Waals surface area contributed by atoms with E-state index in [1.807, 2.05) is 0 Å². The number of carbonyl (C=O) groups is 1. The van der Waals surface area contributed by atoms with Crippen LogP contribution in [0.25, 0.3) is 5.70 Å². The summed E-state index contributed by atoms with van der Waals surface area (Å²) in [7, 11) is 0. The minimum atomic E-state index is -2.72. The normalized spacial score (nSPS) is 18.6. The van der Waals surface area contributed by atoms with Crippen LogP contribution in [0.5, 0.6) is 0 Å². The molecule has 0 saturated heterocycles. The molecule has 1 unspecified atom stereocenters. The third-order valence-electron chi connectivity index (χ3n) is 3.05. The van der Waals surface area contributed by atoms with Gasteiger partial charge in [0.25, 0.3) is 6.43 Å². The van der Waals surface area contributed by atoms with Gasteiger partial charge < -0.3 is 4.90 Å². The average molecular weight is 392 g/mol. The summed E-state index contributed by atoms with van der Waals surface area (Å²) in [5.74, 6) is -1.59. The first-order chi connectivity index (χ1) is 9.41. The molecular formula is C14H12ClF3NOY-. The summed E-state index contributed by atoms with van der Waals surface area (Å²) < 4.78 is 39.2. The minimum Gasteiger partial charge on any atom is -0.341 e. The fraction of sp³-hybridized carbons (Fsp3) is 0.357. The van der Waals surface area contributed by atoms with Gasteiger partial charge in [0.15, 0.2) is 0 Å². The molecule has 1 aliphatic heterocycles. The first-order valence-corrected chi connectivity index (χ1v) is 6.44. The molecular weight excluding hydrogens is 380 g/mol. The number of amides is 1. The van der Waals surface area contributed by atoms with Crippen LogP contribution in [0.2, 0.25) is 5.02 Å². The van der Waals surface area contributed by atoms with Gasteiger partial charge in [0, 0.05) is 38.6 Å². The van der Waals surface area contributed by atoms with Gasteiger partial charge in [0.05, 0.1) is 12.4 Å². The molecule has 2 rings (SSSR count). The predicted molar refractivity (Wildman–Crippen MR) is 69.6 cm³/mol. The summed E-state index contributed by atoms with van der Waals surface area (Å²) in [6, 6.07) is 4.02. The Kier molecular flexibility index (Phi) is 6.89. The van der Waals surface area contributed by atoms with Crippen LogP contribution in [0.3, 0.4) is 0 Å². The Morgan fingerprint density at radius 3 is 2.71 bits per heavy atom. The molecule has 2 nitrogen and oxygen atoms in total. The van der Waals surface area contributed by atoms with Crippen LogP contribution in [-0.4, -0.2) is 23.8 Å². The summed E-state index contributed by atoms with van der Waals surface area (Å²) in [6.45, 7) is 0.823. The minimum absolute atomic E-state index is 0. The van der Waals surface area contributed by atoms with Crippen LogP contribution in [0.4, 0.5) is 13.2 Å². The van der Waals surface area contributed by atoms with E-state index in [1.165, 1.54) is 18.2 Å². The van der Waals surface area contributed by atoms with Crippen LogP contribution >= 0.6 is 11.6 Å². The van der Waals surface area contributed by atoms with Gasteiger partial charge in [-0.05, 0) is 11.1 Å². The first kappa shape index (κ1) is 18.7. The molecule has 7 heteroatoms. The van der Waals surface area contributed by atoms with Crippen molar-refractivity contribution in [2.75, 3.05) is 6.54 Å². The molecule has 1 radical (unpaired) electrons. The Hall–Kier alpha value is -0.386. The number of benzene rings is 1. The maximum atomic E-state index is 13.9. The Morgan fingerprint density at radius 1 is 1.48 bits per heavy atom. The molecule has 0 bridgehead atoms. The van der Waals surface area contributed by atoms with Crippen molar-refractivity contribution in [3.63, 3.8) is 0 Å².